The number of hydrogen-bond acceptors (Lipinski definition) is 5. The quantitative estimate of drug-likeness (QED) is 0.868. The molecule has 1 atom stereocenters. The smallest absolute Gasteiger partial charge is 0.132 e. The highest BCUT2D eigenvalue weighted by atomic mass is 16.5. The summed E-state index contributed by atoms with van der Waals surface area (Å²) in [6, 6.07) is 8.14. The van der Waals surface area contributed by atoms with Gasteiger partial charge in [0.25, 0.3) is 0 Å². The number of aryl methyl sites for hydroxylation is 1. The number of rotatable bonds is 4. The first-order valence-corrected chi connectivity index (χ1v) is 7.52. The Morgan fingerprint density at radius 1 is 1.32 bits per heavy atom. The fourth-order valence-corrected chi connectivity index (χ4v) is 2.90. The van der Waals surface area contributed by atoms with E-state index in [0.29, 0.717) is 13.2 Å². The van der Waals surface area contributed by atoms with Gasteiger partial charge in [-0.3, -0.25) is 0 Å². The molecule has 22 heavy (non-hydrogen) atoms. The molecule has 3 rings (SSSR count). The average molecular weight is 302 g/mol. The summed E-state index contributed by atoms with van der Waals surface area (Å²) in [6.45, 7) is 5.08. The maximum Gasteiger partial charge on any atom is 0.132 e. The molecule has 0 unspecified atom stereocenters. The van der Waals surface area contributed by atoms with Gasteiger partial charge in [-0.25, -0.2) is 4.98 Å². The number of morpholine rings is 1. The molecule has 5 heteroatoms. The number of pyridine rings is 1. The SMILES string of the molecule is COC[C@@H]1CN(c2nc3ccc(OC)cc3cc2C)CCO1. The average Bonchev–Trinajstić information content (AvgIpc) is 2.54. The van der Waals surface area contributed by atoms with Crippen LogP contribution in [0.2, 0.25) is 0 Å². The van der Waals surface area contributed by atoms with Crippen molar-refractivity contribution in [1.82, 2.24) is 4.98 Å². The Hall–Kier alpha value is -1.85. The van der Waals surface area contributed by atoms with Crippen LogP contribution in [0.3, 0.4) is 0 Å². The lowest BCUT2D eigenvalue weighted by Crippen LogP contribution is -2.45. The molecule has 1 aromatic carbocycles. The van der Waals surface area contributed by atoms with Crippen molar-refractivity contribution in [2.75, 3.05) is 45.4 Å². The monoisotopic (exact) mass is 302 g/mol. The summed E-state index contributed by atoms with van der Waals surface area (Å²) in [5.74, 6) is 1.88. The van der Waals surface area contributed by atoms with Gasteiger partial charge in [0.05, 0.1) is 31.9 Å². The van der Waals surface area contributed by atoms with Crippen LogP contribution in [0.4, 0.5) is 5.82 Å². The molecular formula is C17H22N2O3. The Morgan fingerprint density at radius 2 is 2.18 bits per heavy atom. The zero-order valence-corrected chi connectivity index (χ0v) is 13.3. The molecule has 0 saturated carbocycles. The first kappa shape index (κ1) is 15.1. The van der Waals surface area contributed by atoms with Gasteiger partial charge in [0.15, 0.2) is 0 Å². The van der Waals surface area contributed by atoms with E-state index < -0.39 is 0 Å². The molecule has 0 radical (unpaired) electrons. The highest BCUT2D eigenvalue weighted by Crippen LogP contribution is 2.27. The van der Waals surface area contributed by atoms with Crippen LogP contribution in [0.25, 0.3) is 10.9 Å². The predicted octanol–water partition coefficient (Wildman–Crippen LogP) is 2.40. The first-order valence-electron chi connectivity index (χ1n) is 7.52. The lowest BCUT2D eigenvalue weighted by molar-refractivity contribution is -0.0102. The number of nitrogens with zero attached hydrogens (tertiary/aromatic N) is 2. The summed E-state index contributed by atoms with van der Waals surface area (Å²) >= 11 is 0. The van der Waals surface area contributed by atoms with Gasteiger partial charge in [-0.1, -0.05) is 0 Å². The van der Waals surface area contributed by atoms with E-state index >= 15 is 0 Å². The standard InChI is InChI=1S/C17H22N2O3/c1-12-8-13-9-14(21-3)4-5-16(13)18-17(12)19-6-7-22-15(10-19)11-20-2/h4-5,8-9,15H,6-7,10-11H2,1-3H3/t15-/m0/s1. The molecule has 2 heterocycles. The Labute approximate surface area is 130 Å². The van der Waals surface area contributed by atoms with E-state index in [2.05, 4.69) is 17.9 Å². The van der Waals surface area contributed by atoms with Gasteiger partial charge in [0.2, 0.25) is 0 Å². The van der Waals surface area contributed by atoms with Crippen molar-refractivity contribution in [3.05, 3.63) is 29.8 Å². The van der Waals surface area contributed by atoms with Gasteiger partial charge in [0.1, 0.15) is 11.6 Å². The van der Waals surface area contributed by atoms with Crippen LogP contribution < -0.4 is 9.64 Å². The summed E-state index contributed by atoms with van der Waals surface area (Å²) < 4.78 is 16.2. The molecule has 0 N–H and O–H groups in total. The lowest BCUT2D eigenvalue weighted by Gasteiger charge is -2.34. The summed E-state index contributed by atoms with van der Waals surface area (Å²) in [7, 11) is 3.38. The van der Waals surface area contributed by atoms with Gasteiger partial charge in [-0.05, 0) is 36.8 Å². The van der Waals surface area contributed by atoms with Crippen molar-refractivity contribution in [2.24, 2.45) is 0 Å². The van der Waals surface area contributed by atoms with Crippen LogP contribution in [0.1, 0.15) is 5.56 Å². The Kier molecular flexibility index (Phi) is 4.45. The molecule has 1 saturated heterocycles. The van der Waals surface area contributed by atoms with Crippen molar-refractivity contribution >= 4 is 16.7 Å². The maximum absolute atomic E-state index is 5.72. The number of fused-ring (bicyclic) bond motifs is 1. The topological polar surface area (TPSA) is 43.8 Å². The molecule has 0 spiro atoms. The minimum atomic E-state index is 0.103. The minimum Gasteiger partial charge on any atom is -0.497 e. The van der Waals surface area contributed by atoms with E-state index in [-0.39, 0.29) is 6.10 Å². The van der Waals surface area contributed by atoms with Crippen molar-refractivity contribution < 1.29 is 14.2 Å². The number of aromatic nitrogens is 1. The summed E-state index contributed by atoms with van der Waals surface area (Å²) in [4.78, 5) is 7.13. The van der Waals surface area contributed by atoms with E-state index in [1.165, 1.54) is 5.56 Å². The van der Waals surface area contributed by atoms with E-state index in [1.54, 1.807) is 14.2 Å². The third-order valence-electron chi connectivity index (χ3n) is 3.98. The van der Waals surface area contributed by atoms with Gasteiger partial charge in [0, 0.05) is 25.6 Å². The Bertz CT molecular complexity index is 658. The van der Waals surface area contributed by atoms with Crippen molar-refractivity contribution in [3.63, 3.8) is 0 Å². The van der Waals surface area contributed by atoms with Crippen LogP contribution in [-0.4, -0.2) is 51.6 Å². The predicted molar refractivity (Wildman–Crippen MR) is 86.9 cm³/mol. The second-order valence-corrected chi connectivity index (χ2v) is 5.58. The van der Waals surface area contributed by atoms with Crippen LogP contribution in [0.5, 0.6) is 5.75 Å². The van der Waals surface area contributed by atoms with Crippen LogP contribution >= 0.6 is 0 Å². The number of anilines is 1. The second kappa shape index (κ2) is 6.50. The summed E-state index contributed by atoms with van der Waals surface area (Å²) in [6.07, 6.45) is 0.103. The molecule has 1 aliphatic heterocycles. The first-order chi connectivity index (χ1) is 10.7. The van der Waals surface area contributed by atoms with Crippen molar-refractivity contribution in [1.29, 1.82) is 0 Å². The van der Waals surface area contributed by atoms with E-state index in [1.807, 2.05) is 18.2 Å². The summed E-state index contributed by atoms with van der Waals surface area (Å²) in [5.41, 5.74) is 2.15. The normalized spacial score (nSPS) is 18.7. The zero-order valence-electron chi connectivity index (χ0n) is 13.3. The molecule has 1 fully saturated rings. The third-order valence-corrected chi connectivity index (χ3v) is 3.98. The minimum absolute atomic E-state index is 0.103. The van der Waals surface area contributed by atoms with Crippen molar-refractivity contribution in [2.45, 2.75) is 13.0 Å². The van der Waals surface area contributed by atoms with E-state index in [0.717, 1.165) is 35.6 Å². The van der Waals surface area contributed by atoms with Gasteiger partial charge >= 0.3 is 0 Å². The van der Waals surface area contributed by atoms with Crippen LogP contribution in [0.15, 0.2) is 24.3 Å². The molecule has 0 amide bonds. The Morgan fingerprint density at radius 3 is 2.95 bits per heavy atom. The molecule has 1 aliphatic rings. The summed E-state index contributed by atoms with van der Waals surface area (Å²) in [5, 5.41) is 1.10. The molecule has 0 bridgehead atoms. The van der Waals surface area contributed by atoms with Gasteiger partial charge in [-0.2, -0.15) is 0 Å². The number of hydrogen-bond donors (Lipinski definition) is 0. The van der Waals surface area contributed by atoms with Gasteiger partial charge < -0.3 is 19.1 Å². The van der Waals surface area contributed by atoms with E-state index in [9.17, 15) is 0 Å². The van der Waals surface area contributed by atoms with Crippen LogP contribution in [0, 0.1) is 6.92 Å². The van der Waals surface area contributed by atoms with Crippen molar-refractivity contribution in [3.8, 4) is 5.75 Å². The molecule has 0 aliphatic carbocycles. The lowest BCUT2D eigenvalue weighted by atomic mass is 10.1. The molecule has 2 aromatic rings. The molecular weight excluding hydrogens is 280 g/mol. The van der Waals surface area contributed by atoms with Crippen LogP contribution in [-0.2, 0) is 9.47 Å². The highest BCUT2D eigenvalue weighted by molar-refractivity contribution is 5.83. The fourth-order valence-electron chi connectivity index (χ4n) is 2.90. The molecule has 5 nitrogen and oxygen atoms in total. The fraction of sp³-hybridized carbons (Fsp3) is 0.471. The number of ether oxygens (including phenoxy) is 3. The third kappa shape index (κ3) is 3.00. The largest absolute Gasteiger partial charge is 0.497 e. The number of methoxy groups -OCH3 is 2. The molecule has 1 aromatic heterocycles. The highest BCUT2D eigenvalue weighted by Gasteiger charge is 2.22. The number of benzene rings is 1. The second-order valence-electron chi connectivity index (χ2n) is 5.58. The zero-order chi connectivity index (χ0) is 15.5. The Balaban J connectivity index is 1.91. The van der Waals surface area contributed by atoms with Gasteiger partial charge in [-0.15, -0.1) is 0 Å². The maximum atomic E-state index is 5.72. The molecule has 118 valence electrons. The van der Waals surface area contributed by atoms with E-state index in [4.69, 9.17) is 19.2 Å².